The van der Waals surface area contributed by atoms with E-state index in [0.717, 1.165) is 27.9 Å². The first-order valence-electron chi connectivity index (χ1n) is 9.83. The van der Waals surface area contributed by atoms with Crippen LogP contribution in [0.3, 0.4) is 0 Å². The van der Waals surface area contributed by atoms with Crippen LogP contribution >= 0.6 is 0 Å². The number of carbonyl (C=O) groups is 2. The van der Waals surface area contributed by atoms with E-state index in [9.17, 15) is 9.59 Å². The van der Waals surface area contributed by atoms with Crippen LogP contribution in [0, 0.1) is 13.8 Å². The molecule has 0 atom stereocenters. The van der Waals surface area contributed by atoms with E-state index in [2.05, 4.69) is 11.4 Å². The van der Waals surface area contributed by atoms with E-state index in [4.69, 9.17) is 4.74 Å². The fraction of sp³-hybridized carbons (Fsp3) is 0.391. The Bertz CT molecular complexity index is 896. The summed E-state index contributed by atoms with van der Waals surface area (Å²) in [6.45, 7) is 5.73. The zero-order chi connectivity index (χ0) is 19.7. The Morgan fingerprint density at radius 3 is 2.46 bits per heavy atom. The lowest BCUT2D eigenvalue weighted by atomic mass is 9.84. The van der Waals surface area contributed by atoms with Crippen LogP contribution in [-0.4, -0.2) is 35.5 Å². The Balaban J connectivity index is 1.56. The minimum absolute atomic E-state index is 0.0247. The van der Waals surface area contributed by atoms with Crippen LogP contribution in [0.25, 0.3) is 0 Å². The number of nitrogens with zero attached hydrogens (tertiary/aromatic N) is 1. The lowest BCUT2D eigenvalue weighted by molar-refractivity contribution is -0.120. The molecule has 0 aliphatic carbocycles. The summed E-state index contributed by atoms with van der Waals surface area (Å²) in [6.07, 6.45) is 1.63. The van der Waals surface area contributed by atoms with E-state index in [1.165, 1.54) is 0 Å². The van der Waals surface area contributed by atoms with Crippen molar-refractivity contribution in [1.29, 1.82) is 0 Å². The van der Waals surface area contributed by atoms with Gasteiger partial charge in [-0.15, -0.1) is 0 Å². The van der Waals surface area contributed by atoms with Gasteiger partial charge in [0.05, 0.1) is 12.0 Å². The third-order valence-corrected chi connectivity index (χ3v) is 5.81. The van der Waals surface area contributed by atoms with Crippen molar-refractivity contribution in [3.05, 3.63) is 64.7 Å². The molecular weight excluding hydrogens is 352 g/mol. The summed E-state index contributed by atoms with van der Waals surface area (Å²) in [5.41, 5.74) is 4.32. The number of rotatable bonds is 4. The second-order valence-electron chi connectivity index (χ2n) is 7.99. The summed E-state index contributed by atoms with van der Waals surface area (Å²) < 4.78 is 5.56. The van der Waals surface area contributed by atoms with Crippen LogP contribution in [0.2, 0.25) is 0 Å². The van der Waals surface area contributed by atoms with Gasteiger partial charge in [-0.25, -0.2) is 0 Å². The van der Waals surface area contributed by atoms with Crippen LogP contribution in [-0.2, 0) is 16.1 Å². The maximum Gasteiger partial charge on any atom is 0.254 e. The Morgan fingerprint density at radius 1 is 1.11 bits per heavy atom. The molecule has 2 amide bonds. The number of hydrogen-bond donors (Lipinski definition) is 1. The van der Waals surface area contributed by atoms with Gasteiger partial charge in [-0.2, -0.15) is 0 Å². The molecule has 146 valence electrons. The van der Waals surface area contributed by atoms with Crippen LogP contribution in [0.5, 0.6) is 0 Å². The first-order chi connectivity index (χ1) is 13.5. The van der Waals surface area contributed by atoms with Gasteiger partial charge in [0.2, 0.25) is 5.91 Å². The molecule has 0 radical (unpaired) electrons. The molecule has 2 aromatic rings. The highest BCUT2D eigenvalue weighted by Gasteiger charge is 2.46. The normalized spacial score (nSPS) is 18.1. The van der Waals surface area contributed by atoms with E-state index in [1.54, 1.807) is 0 Å². The van der Waals surface area contributed by atoms with E-state index in [-0.39, 0.29) is 18.2 Å². The Morgan fingerprint density at radius 2 is 1.79 bits per heavy atom. The van der Waals surface area contributed by atoms with Gasteiger partial charge in [0, 0.05) is 31.0 Å². The van der Waals surface area contributed by atoms with Crippen LogP contribution in [0.1, 0.15) is 46.3 Å². The van der Waals surface area contributed by atoms with Gasteiger partial charge in [-0.05, 0) is 61.6 Å². The maximum atomic E-state index is 13.1. The van der Waals surface area contributed by atoms with E-state index in [0.29, 0.717) is 32.6 Å². The molecule has 4 rings (SSSR count). The molecule has 1 fully saturated rings. The minimum Gasteiger partial charge on any atom is -0.381 e. The molecule has 5 heteroatoms. The van der Waals surface area contributed by atoms with Gasteiger partial charge >= 0.3 is 0 Å². The standard InChI is InChI=1S/C23H26N2O3/c1-16-11-17(2)13-19(12-16)24-21(26)14-23(7-9-28-10-8-23)25-15-18-5-3-4-6-20(18)22(25)27/h3-6,11-13H,7-10,14-15H2,1-2H3,(H,24,26). The smallest absolute Gasteiger partial charge is 0.254 e. The monoisotopic (exact) mass is 378 g/mol. The highest BCUT2D eigenvalue weighted by Crippen LogP contribution is 2.38. The Labute approximate surface area is 165 Å². The first kappa shape index (κ1) is 18.7. The number of aryl methyl sites for hydroxylation is 2. The molecule has 0 saturated carbocycles. The molecular formula is C23H26N2O3. The average Bonchev–Trinajstić information content (AvgIpc) is 2.99. The SMILES string of the molecule is Cc1cc(C)cc(NC(=O)CC2(N3Cc4ccccc4C3=O)CCOCC2)c1. The van der Waals surface area contributed by atoms with Gasteiger partial charge in [0.1, 0.15) is 0 Å². The van der Waals surface area contributed by atoms with E-state index in [1.807, 2.05) is 55.1 Å². The van der Waals surface area contributed by atoms with Crippen LogP contribution < -0.4 is 5.32 Å². The van der Waals surface area contributed by atoms with Gasteiger partial charge in [0.15, 0.2) is 0 Å². The molecule has 0 aromatic heterocycles. The number of nitrogens with one attached hydrogen (secondary N) is 1. The predicted octanol–water partition coefficient (Wildman–Crippen LogP) is 3.84. The zero-order valence-corrected chi connectivity index (χ0v) is 16.5. The van der Waals surface area contributed by atoms with Gasteiger partial charge < -0.3 is 15.0 Å². The van der Waals surface area contributed by atoms with Gasteiger partial charge in [-0.3, -0.25) is 9.59 Å². The second-order valence-corrected chi connectivity index (χ2v) is 7.99. The van der Waals surface area contributed by atoms with E-state index >= 15 is 0 Å². The van der Waals surface area contributed by atoms with Crippen molar-refractivity contribution >= 4 is 17.5 Å². The highest BCUT2D eigenvalue weighted by molar-refractivity contribution is 5.99. The predicted molar refractivity (Wildman–Crippen MR) is 108 cm³/mol. The lowest BCUT2D eigenvalue weighted by Gasteiger charge is -2.44. The maximum absolute atomic E-state index is 13.1. The molecule has 2 aliphatic heterocycles. The minimum atomic E-state index is -0.503. The van der Waals surface area contributed by atoms with Crippen molar-refractivity contribution in [2.45, 2.75) is 45.2 Å². The Kier molecular flexibility index (Phi) is 4.94. The molecule has 0 unspecified atom stereocenters. The number of fused-ring (bicyclic) bond motifs is 1. The van der Waals surface area contributed by atoms with Crippen molar-refractivity contribution in [3.63, 3.8) is 0 Å². The van der Waals surface area contributed by atoms with Crippen LogP contribution in [0.15, 0.2) is 42.5 Å². The second kappa shape index (κ2) is 7.40. The summed E-state index contributed by atoms with van der Waals surface area (Å²) in [5.74, 6) is -0.0349. The zero-order valence-electron chi connectivity index (χ0n) is 16.5. The van der Waals surface area contributed by atoms with Crippen molar-refractivity contribution < 1.29 is 14.3 Å². The molecule has 1 N–H and O–H groups in total. The van der Waals surface area contributed by atoms with Crippen LogP contribution in [0.4, 0.5) is 5.69 Å². The topological polar surface area (TPSA) is 58.6 Å². The number of ether oxygens (including phenoxy) is 1. The third-order valence-electron chi connectivity index (χ3n) is 5.81. The quantitative estimate of drug-likeness (QED) is 0.879. The Hall–Kier alpha value is -2.66. The summed E-state index contributed by atoms with van der Waals surface area (Å²) in [6, 6.07) is 13.7. The fourth-order valence-electron chi connectivity index (χ4n) is 4.48. The molecule has 0 bridgehead atoms. The number of benzene rings is 2. The molecule has 0 spiro atoms. The summed E-state index contributed by atoms with van der Waals surface area (Å²) in [7, 11) is 0. The van der Waals surface area contributed by atoms with Crippen molar-refractivity contribution in [3.8, 4) is 0 Å². The van der Waals surface area contributed by atoms with Crippen molar-refractivity contribution in [2.75, 3.05) is 18.5 Å². The fourth-order valence-corrected chi connectivity index (χ4v) is 4.48. The summed E-state index contributed by atoms with van der Waals surface area (Å²) in [4.78, 5) is 27.9. The number of anilines is 1. The van der Waals surface area contributed by atoms with E-state index < -0.39 is 5.54 Å². The molecule has 2 aliphatic rings. The molecule has 2 heterocycles. The van der Waals surface area contributed by atoms with Crippen molar-refractivity contribution in [2.24, 2.45) is 0 Å². The number of carbonyl (C=O) groups excluding carboxylic acids is 2. The number of hydrogen-bond acceptors (Lipinski definition) is 3. The molecule has 5 nitrogen and oxygen atoms in total. The van der Waals surface area contributed by atoms with Gasteiger partial charge in [-0.1, -0.05) is 24.3 Å². The highest BCUT2D eigenvalue weighted by atomic mass is 16.5. The van der Waals surface area contributed by atoms with Crippen molar-refractivity contribution in [1.82, 2.24) is 4.90 Å². The molecule has 28 heavy (non-hydrogen) atoms. The summed E-state index contributed by atoms with van der Waals surface area (Å²) in [5, 5.41) is 3.04. The number of amides is 2. The third kappa shape index (κ3) is 3.54. The molecule has 2 aromatic carbocycles. The lowest BCUT2D eigenvalue weighted by Crippen LogP contribution is -2.54. The summed E-state index contributed by atoms with van der Waals surface area (Å²) >= 11 is 0. The first-order valence-corrected chi connectivity index (χ1v) is 9.83. The largest absolute Gasteiger partial charge is 0.381 e. The van der Waals surface area contributed by atoms with Gasteiger partial charge in [0.25, 0.3) is 5.91 Å². The molecule has 1 saturated heterocycles. The average molecular weight is 378 g/mol.